The lowest BCUT2D eigenvalue weighted by atomic mass is 9.86. The van der Waals surface area contributed by atoms with Gasteiger partial charge in [0.05, 0.1) is 0 Å². The number of aromatic nitrogens is 2. The molecule has 3 aliphatic heterocycles. The number of aliphatic carboxylic acids is 2. The van der Waals surface area contributed by atoms with Crippen LogP contribution in [0.3, 0.4) is 0 Å². The van der Waals surface area contributed by atoms with Gasteiger partial charge < -0.3 is 14.9 Å². The standard InChI is InChI=1S/C19H19N3O.C4H4O4/c1-2-4-15(5-3-1)6-7-17-8-9-19(21-20-17)23-18-14-22-12-10-16(18)11-13-22;5-3(6)1-2-4(7)8/h1-5,8-9,16,18H,10-14H2;1-2H,(H,5,6)(H,7,8)/b;2-1+/t18-;/m1./s1. The summed E-state index contributed by atoms with van der Waals surface area (Å²) >= 11 is 0. The first-order chi connectivity index (χ1) is 15.0. The molecule has 0 radical (unpaired) electrons. The number of fused-ring (bicyclic) bond motifs is 3. The molecule has 4 heterocycles. The second kappa shape index (κ2) is 10.9. The van der Waals surface area contributed by atoms with E-state index in [1.54, 1.807) is 0 Å². The summed E-state index contributed by atoms with van der Waals surface area (Å²) in [7, 11) is 0. The van der Waals surface area contributed by atoms with Gasteiger partial charge in [0, 0.05) is 30.3 Å². The van der Waals surface area contributed by atoms with E-state index < -0.39 is 11.9 Å². The molecular weight excluding hydrogens is 398 g/mol. The smallest absolute Gasteiger partial charge is 0.328 e. The zero-order chi connectivity index (χ0) is 22.1. The molecule has 2 N–H and O–H groups in total. The Morgan fingerprint density at radius 3 is 2.16 bits per heavy atom. The van der Waals surface area contributed by atoms with Gasteiger partial charge in [0.15, 0.2) is 0 Å². The minimum absolute atomic E-state index is 0.257. The molecule has 31 heavy (non-hydrogen) atoms. The first-order valence-corrected chi connectivity index (χ1v) is 9.93. The molecule has 1 aromatic carbocycles. The predicted octanol–water partition coefficient (Wildman–Crippen LogP) is 2.06. The highest BCUT2D eigenvalue weighted by Gasteiger charge is 2.35. The van der Waals surface area contributed by atoms with Crippen LogP contribution in [-0.2, 0) is 9.59 Å². The number of hydrogen-bond donors (Lipinski definition) is 2. The Kier molecular flexibility index (Phi) is 7.73. The van der Waals surface area contributed by atoms with E-state index in [4.69, 9.17) is 14.9 Å². The third kappa shape index (κ3) is 7.24. The van der Waals surface area contributed by atoms with Crippen molar-refractivity contribution in [2.24, 2.45) is 5.92 Å². The van der Waals surface area contributed by atoms with Crippen molar-refractivity contribution in [3.63, 3.8) is 0 Å². The van der Waals surface area contributed by atoms with Crippen molar-refractivity contribution < 1.29 is 24.5 Å². The fourth-order valence-corrected chi connectivity index (χ4v) is 3.45. The minimum atomic E-state index is -1.26. The monoisotopic (exact) mass is 421 g/mol. The summed E-state index contributed by atoms with van der Waals surface area (Å²) < 4.78 is 6.04. The van der Waals surface area contributed by atoms with Gasteiger partial charge in [-0.05, 0) is 56.0 Å². The Hall–Kier alpha value is -3.70. The number of rotatable bonds is 4. The van der Waals surface area contributed by atoms with E-state index in [1.165, 1.54) is 25.9 Å². The van der Waals surface area contributed by atoms with Crippen molar-refractivity contribution in [1.29, 1.82) is 0 Å². The molecular formula is C23H23N3O5. The van der Waals surface area contributed by atoms with Crippen LogP contribution in [0.1, 0.15) is 24.1 Å². The third-order valence-corrected chi connectivity index (χ3v) is 4.99. The molecule has 0 amide bonds. The van der Waals surface area contributed by atoms with Crippen molar-refractivity contribution >= 4 is 11.9 Å². The topological polar surface area (TPSA) is 113 Å². The molecule has 160 valence electrons. The second-order valence-corrected chi connectivity index (χ2v) is 7.18. The van der Waals surface area contributed by atoms with Crippen molar-refractivity contribution in [3.05, 3.63) is 65.9 Å². The van der Waals surface area contributed by atoms with E-state index in [0.717, 1.165) is 12.1 Å². The lowest BCUT2D eigenvalue weighted by molar-refractivity contribution is -0.134. The van der Waals surface area contributed by atoms with Gasteiger partial charge in [-0.15, -0.1) is 10.2 Å². The van der Waals surface area contributed by atoms with Crippen LogP contribution < -0.4 is 4.74 Å². The lowest BCUT2D eigenvalue weighted by Gasteiger charge is -2.44. The number of carbonyl (C=O) groups is 2. The zero-order valence-corrected chi connectivity index (χ0v) is 16.8. The highest BCUT2D eigenvalue weighted by Crippen LogP contribution is 2.29. The van der Waals surface area contributed by atoms with Crippen LogP contribution in [0.2, 0.25) is 0 Å². The van der Waals surface area contributed by atoms with E-state index in [1.807, 2.05) is 42.5 Å². The number of nitrogens with zero attached hydrogens (tertiary/aromatic N) is 3. The highest BCUT2D eigenvalue weighted by atomic mass is 16.5. The third-order valence-electron chi connectivity index (χ3n) is 4.99. The van der Waals surface area contributed by atoms with Crippen molar-refractivity contribution in [2.45, 2.75) is 18.9 Å². The number of ether oxygens (including phenoxy) is 1. The van der Waals surface area contributed by atoms with Crippen molar-refractivity contribution in [3.8, 4) is 17.7 Å². The summed E-state index contributed by atoms with van der Waals surface area (Å²) in [5.41, 5.74) is 1.64. The average Bonchev–Trinajstić information content (AvgIpc) is 2.79. The van der Waals surface area contributed by atoms with Crippen molar-refractivity contribution in [2.75, 3.05) is 19.6 Å². The minimum Gasteiger partial charge on any atom is -0.478 e. The van der Waals surface area contributed by atoms with Gasteiger partial charge in [0.1, 0.15) is 11.8 Å². The number of piperidine rings is 3. The van der Waals surface area contributed by atoms with Crippen LogP contribution in [0.4, 0.5) is 0 Å². The molecule has 0 spiro atoms. The molecule has 8 nitrogen and oxygen atoms in total. The first kappa shape index (κ1) is 22.0. The SMILES string of the molecule is C(#Cc1ccc(O[C@@H]2CN3CCC2CC3)nn1)c1ccccc1.O=C(O)/C=C/C(=O)O. The van der Waals surface area contributed by atoms with E-state index >= 15 is 0 Å². The first-order valence-electron chi connectivity index (χ1n) is 9.93. The molecule has 3 saturated heterocycles. The van der Waals surface area contributed by atoms with Gasteiger partial charge >= 0.3 is 11.9 Å². The van der Waals surface area contributed by atoms with Gasteiger partial charge in [-0.3, -0.25) is 4.90 Å². The largest absolute Gasteiger partial charge is 0.478 e. The number of carboxylic acid groups (broad SMARTS) is 2. The summed E-state index contributed by atoms with van der Waals surface area (Å²) in [6, 6.07) is 13.6. The fourth-order valence-electron chi connectivity index (χ4n) is 3.45. The molecule has 8 heteroatoms. The molecule has 2 aromatic rings. The molecule has 1 atom stereocenters. The Morgan fingerprint density at radius 2 is 1.65 bits per heavy atom. The number of carboxylic acids is 2. The van der Waals surface area contributed by atoms with Crippen LogP contribution in [0.25, 0.3) is 0 Å². The Labute approximate surface area is 180 Å². The molecule has 1 aromatic heterocycles. The maximum absolute atomic E-state index is 9.55. The quantitative estimate of drug-likeness (QED) is 0.570. The molecule has 0 unspecified atom stereocenters. The summed E-state index contributed by atoms with van der Waals surface area (Å²) in [5, 5.41) is 24.0. The van der Waals surface area contributed by atoms with Gasteiger partial charge in [0.2, 0.25) is 5.88 Å². The summed E-state index contributed by atoms with van der Waals surface area (Å²) in [6.45, 7) is 3.44. The van der Waals surface area contributed by atoms with E-state index in [0.29, 0.717) is 29.6 Å². The molecule has 5 rings (SSSR count). The molecule has 0 saturated carbocycles. The maximum atomic E-state index is 9.55. The normalized spacial score (nSPS) is 21.4. The number of benzene rings is 1. The molecule has 3 fully saturated rings. The predicted molar refractivity (Wildman–Crippen MR) is 112 cm³/mol. The van der Waals surface area contributed by atoms with Gasteiger partial charge in [-0.2, -0.15) is 0 Å². The van der Waals surface area contributed by atoms with Crippen molar-refractivity contribution in [1.82, 2.24) is 15.1 Å². The zero-order valence-electron chi connectivity index (χ0n) is 16.8. The van der Waals surface area contributed by atoms with Crippen LogP contribution >= 0.6 is 0 Å². The van der Waals surface area contributed by atoms with Gasteiger partial charge in [-0.1, -0.05) is 24.1 Å². The van der Waals surface area contributed by atoms with Crippen LogP contribution in [0, 0.1) is 17.8 Å². The van der Waals surface area contributed by atoms with Crippen LogP contribution in [-0.4, -0.2) is 63.0 Å². The molecule has 2 bridgehead atoms. The lowest BCUT2D eigenvalue weighted by Crippen LogP contribution is -2.52. The van der Waals surface area contributed by atoms with Gasteiger partial charge in [-0.25, -0.2) is 9.59 Å². The van der Waals surface area contributed by atoms with E-state index in [-0.39, 0.29) is 6.10 Å². The molecule has 0 aliphatic carbocycles. The second-order valence-electron chi connectivity index (χ2n) is 7.18. The number of hydrogen-bond acceptors (Lipinski definition) is 6. The van der Waals surface area contributed by atoms with Crippen LogP contribution in [0.5, 0.6) is 5.88 Å². The maximum Gasteiger partial charge on any atom is 0.328 e. The fraction of sp³-hybridized carbons (Fsp3) is 0.304. The summed E-state index contributed by atoms with van der Waals surface area (Å²) in [5.74, 6) is 4.87. The average molecular weight is 421 g/mol. The highest BCUT2D eigenvalue weighted by molar-refractivity contribution is 5.89. The van der Waals surface area contributed by atoms with E-state index in [9.17, 15) is 9.59 Å². The van der Waals surface area contributed by atoms with Crippen LogP contribution in [0.15, 0.2) is 54.6 Å². The molecule has 3 aliphatic rings. The van der Waals surface area contributed by atoms with Gasteiger partial charge in [0.25, 0.3) is 0 Å². The van der Waals surface area contributed by atoms with E-state index in [2.05, 4.69) is 26.9 Å². The Morgan fingerprint density at radius 1 is 0.968 bits per heavy atom. The Bertz CT molecular complexity index is 956. The summed E-state index contributed by atoms with van der Waals surface area (Å²) in [4.78, 5) is 21.6. The Balaban J connectivity index is 0.000000293. The summed E-state index contributed by atoms with van der Waals surface area (Å²) in [6.07, 6.45) is 3.84.